The second kappa shape index (κ2) is 2.54. The molecule has 0 aliphatic carbocycles. The summed E-state index contributed by atoms with van der Waals surface area (Å²) < 4.78 is 0. The van der Waals surface area contributed by atoms with Gasteiger partial charge in [-0.2, -0.15) is 0 Å². The van der Waals surface area contributed by atoms with Gasteiger partial charge in [0.05, 0.1) is 11.6 Å². The molecule has 10 heavy (non-hydrogen) atoms. The Morgan fingerprint density at radius 3 is 2.80 bits per heavy atom. The normalized spacial score (nSPS) is 8.80. The van der Waals surface area contributed by atoms with E-state index >= 15 is 0 Å². The van der Waals surface area contributed by atoms with Gasteiger partial charge in [-0.15, -0.1) is 0 Å². The minimum atomic E-state index is 0.183. The van der Waals surface area contributed by atoms with E-state index in [1.807, 2.05) is 0 Å². The summed E-state index contributed by atoms with van der Waals surface area (Å²) >= 11 is 5.60. The largest absolute Gasteiger partial charge is 0.392 e. The van der Waals surface area contributed by atoms with Crippen LogP contribution < -0.4 is 5.73 Å². The highest BCUT2D eigenvalue weighted by molar-refractivity contribution is 6.33. The molecule has 0 radical (unpaired) electrons. The molecule has 0 amide bonds. The molecule has 0 spiro atoms. The predicted molar refractivity (Wildman–Crippen MR) is 39.9 cm³/mol. The second-order valence-corrected chi connectivity index (χ2v) is 2.05. The number of hydrogen-bond acceptors (Lipinski definition) is 2. The fourth-order valence-corrected chi connectivity index (χ4v) is 0.752. The number of hydrogen-bond donors (Lipinski definition) is 1. The monoisotopic (exact) mass is 153 g/mol. The third-order valence-electron chi connectivity index (χ3n) is 1.02. The maximum Gasteiger partial charge on any atom is 0.246 e. The highest BCUT2D eigenvalue weighted by Crippen LogP contribution is 2.28. The summed E-state index contributed by atoms with van der Waals surface area (Å²) in [5.74, 6) is 0.183. The van der Waals surface area contributed by atoms with Crippen LogP contribution >= 0.6 is 11.6 Å². The second-order valence-electron chi connectivity index (χ2n) is 1.64. The van der Waals surface area contributed by atoms with Crippen LogP contribution in [0.5, 0.6) is 0 Å². The Kier molecular flexibility index (Phi) is 1.74. The summed E-state index contributed by atoms with van der Waals surface area (Å²) in [6.45, 7) is 6.65. The van der Waals surface area contributed by atoms with E-state index < -0.39 is 0 Å². The molecule has 0 aromatic carbocycles. The van der Waals surface area contributed by atoms with Crippen molar-refractivity contribution in [1.29, 1.82) is 0 Å². The molecule has 3 nitrogen and oxygen atoms in total. The van der Waals surface area contributed by atoms with Crippen molar-refractivity contribution in [1.82, 2.24) is 4.98 Å². The van der Waals surface area contributed by atoms with E-state index in [0.717, 1.165) is 0 Å². The van der Waals surface area contributed by atoms with Gasteiger partial charge in [-0.05, 0) is 6.07 Å². The minimum Gasteiger partial charge on any atom is -0.392 e. The third-order valence-corrected chi connectivity index (χ3v) is 1.32. The van der Waals surface area contributed by atoms with Crippen molar-refractivity contribution >= 4 is 23.1 Å². The highest BCUT2D eigenvalue weighted by Gasteiger charge is 2.02. The SMILES string of the molecule is [C-]#[N+]c1c(Cl)ccnc1N. The molecule has 0 saturated heterocycles. The zero-order chi connectivity index (χ0) is 7.56. The van der Waals surface area contributed by atoms with Gasteiger partial charge in [0.25, 0.3) is 0 Å². The minimum absolute atomic E-state index is 0.183. The first-order valence-corrected chi connectivity index (χ1v) is 2.91. The summed E-state index contributed by atoms with van der Waals surface area (Å²) in [5.41, 5.74) is 5.55. The van der Waals surface area contributed by atoms with Crippen LogP contribution in [-0.4, -0.2) is 4.98 Å². The van der Waals surface area contributed by atoms with Crippen molar-refractivity contribution in [3.8, 4) is 0 Å². The number of aromatic nitrogens is 1. The molecule has 0 unspecified atom stereocenters. The van der Waals surface area contributed by atoms with Crippen molar-refractivity contribution in [2.24, 2.45) is 0 Å². The quantitative estimate of drug-likeness (QED) is 0.579. The summed E-state index contributed by atoms with van der Waals surface area (Å²) in [6.07, 6.45) is 1.46. The Hall–Kier alpha value is -1.27. The Bertz CT molecular complexity index is 269. The lowest BCUT2D eigenvalue weighted by Crippen LogP contribution is -1.88. The molecular formula is C6H4ClN3. The van der Waals surface area contributed by atoms with Gasteiger partial charge in [0, 0.05) is 6.20 Å². The molecular weight excluding hydrogens is 150 g/mol. The van der Waals surface area contributed by atoms with Crippen molar-refractivity contribution < 1.29 is 0 Å². The van der Waals surface area contributed by atoms with E-state index in [2.05, 4.69) is 9.83 Å². The van der Waals surface area contributed by atoms with E-state index in [0.29, 0.717) is 5.02 Å². The zero-order valence-electron chi connectivity index (χ0n) is 5.00. The van der Waals surface area contributed by atoms with Gasteiger partial charge in [0.1, 0.15) is 5.82 Å². The van der Waals surface area contributed by atoms with E-state index in [1.165, 1.54) is 12.3 Å². The average molecular weight is 154 g/mol. The van der Waals surface area contributed by atoms with E-state index in [-0.39, 0.29) is 11.5 Å². The number of pyridine rings is 1. The van der Waals surface area contributed by atoms with E-state index in [4.69, 9.17) is 23.9 Å². The highest BCUT2D eigenvalue weighted by atomic mass is 35.5. The van der Waals surface area contributed by atoms with Crippen LogP contribution in [0.4, 0.5) is 11.5 Å². The van der Waals surface area contributed by atoms with E-state index in [9.17, 15) is 0 Å². The van der Waals surface area contributed by atoms with Gasteiger partial charge in [0.2, 0.25) is 5.69 Å². The molecule has 2 N–H and O–H groups in total. The maximum atomic E-state index is 6.65. The van der Waals surface area contributed by atoms with Crippen LogP contribution in [0.25, 0.3) is 4.85 Å². The van der Waals surface area contributed by atoms with Gasteiger partial charge >= 0.3 is 0 Å². The lowest BCUT2D eigenvalue weighted by molar-refractivity contribution is 1.35. The topological polar surface area (TPSA) is 43.3 Å². The Morgan fingerprint density at radius 2 is 2.40 bits per heavy atom. The van der Waals surface area contributed by atoms with Crippen LogP contribution in [0.2, 0.25) is 5.02 Å². The van der Waals surface area contributed by atoms with Crippen LogP contribution in [0.3, 0.4) is 0 Å². The third kappa shape index (κ3) is 1.02. The standard InChI is InChI=1S/C6H4ClN3/c1-9-5-4(7)2-3-10-6(5)8/h2-3H,(H2,8,10). The summed E-state index contributed by atoms with van der Waals surface area (Å²) in [5, 5.41) is 0.350. The van der Waals surface area contributed by atoms with Gasteiger partial charge in [-0.3, -0.25) is 4.98 Å². The smallest absolute Gasteiger partial charge is 0.246 e. The van der Waals surface area contributed by atoms with Crippen LogP contribution in [-0.2, 0) is 0 Å². The molecule has 0 atom stereocenters. The lowest BCUT2D eigenvalue weighted by atomic mass is 10.4. The number of nitrogens with zero attached hydrogens (tertiary/aromatic N) is 2. The van der Waals surface area contributed by atoms with Gasteiger partial charge in [-0.25, -0.2) is 4.85 Å². The molecule has 1 heterocycles. The number of nitrogen functional groups attached to an aromatic ring is 1. The molecule has 0 fully saturated rings. The van der Waals surface area contributed by atoms with Crippen molar-refractivity contribution in [3.63, 3.8) is 0 Å². The van der Waals surface area contributed by atoms with Gasteiger partial charge in [-0.1, -0.05) is 11.6 Å². The summed E-state index contributed by atoms with van der Waals surface area (Å²) in [4.78, 5) is 6.79. The number of nitrogens with two attached hydrogens (primary N) is 1. The van der Waals surface area contributed by atoms with Crippen molar-refractivity contribution in [3.05, 3.63) is 28.7 Å². The molecule has 0 bridgehead atoms. The molecule has 4 heteroatoms. The fraction of sp³-hybridized carbons (Fsp3) is 0. The molecule has 1 aromatic heterocycles. The van der Waals surface area contributed by atoms with Crippen LogP contribution in [0.1, 0.15) is 0 Å². The molecule has 1 aromatic rings. The van der Waals surface area contributed by atoms with Gasteiger partial charge < -0.3 is 5.73 Å². The molecule has 50 valence electrons. The van der Waals surface area contributed by atoms with Crippen molar-refractivity contribution in [2.75, 3.05) is 5.73 Å². The molecule has 0 aliphatic heterocycles. The predicted octanol–water partition coefficient (Wildman–Crippen LogP) is 1.87. The lowest BCUT2D eigenvalue weighted by Gasteiger charge is -1.95. The Morgan fingerprint density at radius 1 is 1.70 bits per heavy atom. The van der Waals surface area contributed by atoms with Crippen molar-refractivity contribution in [2.45, 2.75) is 0 Å². The first kappa shape index (κ1) is 6.84. The van der Waals surface area contributed by atoms with Gasteiger partial charge in [0.15, 0.2) is 0 Å². The number of halogens is 1. The Labute approximate surface area is 63.3 Å². The summed E-state index contributed by atoms with van der Waals surface area (Å²) in [6, 6.07) is 1.53. The van der Waals surface area contributed by atoms with E-state index in [1.54, 1.807) is 0 Å². The average Bonchev–Trinajstić information content (AvgIpc) is 1.88. The van der Waals surface area contributed by atoms with Crippen LogP contribution in [0, 0.1) is 6.57 Å². The molecule has 0 saturated carbocycles. The maximum absolute atomic E-state index is 6.65. The zero-order valence-corrected chi connectivity index (χ0v) is 5.76. The van der Waals surface area contributed by atoms with Crippen LogP contribution in [0.15, 0.2) is 12.3 Å². The number of anilines is 1. The molecule has 1 rings (SSSR count). The Balaban J connectivity index is 3.34. The molecule has 0 aliphatic rings. The first-order chi connectivity index (χ1) is 4.75. The number of rotatable bonds is 0. The first-order valence-electron chi connectivity index (χ1n) is 2.53. The fourth-order valence-electron chi connectivity index (χ4n) is 0.556. The summed E-state index contributed by atoms with van der Waals surface area (Å²) in [7, 11) is 0.